The van der Waals surface area contributed by atoms with E-state index in [1.54, 1.807) is 6.20 Å². The fourth-order valence-corrected chi connectivity index (χ4v) is 1.32. The predicted molar refractivity (Wildman–Crippen MR) is 45.4 cm³/mol. The van der Waals surface area contributed by atoms with Crippen LogP contribution in [0.5, 0.6) is 0 Å². The standard InChI is InChI=1S/C8H10N4O2/c1-2-5-4-9-12-8(5)10-6(11-12)3-7(13)14/h4H,2-3H2,1H3,(H,10,11)(H,13,14)/p-1. The summed E-state index contributed by atoms with van der Waals surface area (Å²) in [5.74, 6) is -0.789. The lowest BCUT2D eigenvalue weighted by Crippen LogP contribution is -2.24. The van der Waals surface area contributed by atoms with Crippen LogP contribution in [-0.2, 0) is 17.6 Å². The van der Waals surface area contributed by atoms with Crippen LogP contribution in [0.3, 0.4) is 0 Å². The van der Waals surface area contributed by atoms with Crippen molar-refractivity contribution in [3.05, 3.63) is 17.6 Å². The first kappa shape index (κ1) is 8.74. The number of hydrogen-bond acceptors (Lipinski definition) is 4. The normalized spacial score (nSPS) is 10.9. The Morgan fingerprint density at radius 1 is 1.71 bits per heavy atom. The highest BCUT2D eigenvalue weighted by atomic mass is 16.4. The summed E-state index contributed by atoms with van der Waals surface area (Å²) in [6.45, 7) is 1.99. The number of rotatable bonds is 3. The van der Waals surface area contributed by atoms with E-state index in [0.29, 0.717) is 11.5 Å². The topological polar surface area (TPSA) is 86.1 Å². The van der Waals surface area contributed by atoms with E-state index in [9.17, 15) is 9.90 Å². The van der Waals surface area contributed by atoms with Crippen molar-refractivity contribution in [3.8, 4) is 0 Å². The number of nitrogens with one attached hydrogen (secondary N) is 1. The number of carbonyl (C=O) groups is 1. The summed E-state index contributed by atoms with van der Waals surface area (Å²) in [5, 5.41) is 17.1. The fraction of sp³-hybridized carbons (Fsp3) is 0.375. The zero-order chi connectivity index (χ0) is 10.1. The summed E-state index contributed by atoms with van der Waals surface area (Å²) in [7, 11) is 0. The number of hydrogen-bond donors (Lipinski definition) is 1. The average molecular weight is 193 g/mol. The molecule has 0 saturated heterocycles. The second kappa shape index (κ2) is 3.13. The molecule has 74 valence electrons. The Balaban J connectivity index is 2.41. The molecule has 0 saturated carbocycles. The molecular weight excluding hydrogens is 184 g/mol. The Labute approximate surface area is 79.6 Å². The summed E-state index contributed by atoms with van der Waals surface area (Å²) in [6.07, 6.45) is 2.31. The van der Waals surface area contributed by atoms with Crippen molar-refractivity contribution in [2.75, 3.05) is 0 Å². The molecule has 0 amide bonds. The van der Waals surface area contributed by atoms with Crippen LogP contribution in [0.2, 0.25) is 0 Å². The van der Waals surface area contributed by atoms with Gasteiger partial charge in [-0.3, -0.25) is 5.10 Å². The molecule has 2 aromatic heterocycles. The first-order chi connectivity index (χ1) is 6.70. The molecule has 2 aromatic rings. The summed E-state index contributed by atoms with van der Waals surface area (Å²) in [4.78, 5) is 14.4. The van der Waals surface area contributed by atoms with Gasteiger partial charge in [0.25, 0.3) is 0 Å². The number of carboxylic acids is 1. The molecule has 6 nitrogen and oxygen atoms in total. The number of aromatic amines is 1. The Bertz CT molecular complexity index is 471. The van der Waals surface area contributed by atoms with Crippen LogP contribution in [-0.4, -0.2) is 25.8 Å². The molecule has 6 heteroatoms. The Kier molecular flexibility index (Phi) is 1.95. The third-order valence-corrected chi connectivity index (χ3v) is 1.99. The molecule has 2 heterocycles. The van der Waals surface area contributed by atoms with E-state index < -0.39 is 5.97 Å². The maximum Gasteiger partial charge on any atom is 0.178 e. The van der Waals surface area contributed by atoms with Gasteiger partial charge in [-0.1, -0.05) is 6.92 Å². The number of aromatic nitrogens is 4. The zero-order valence-electron chi connectivity index (χ0n) is 7.65. The van der Waals surface area contributed by atoms with E-state index in [0.717, 1.165) is 12.0 Å². The largest absolute Gasteiger partial charge is 0.550 e. The lowest BCUT2D eigenvalue weighted by Gasteiger charge is -1.95. The highest BCUT2D eigenvalue weighted by Crippen LogP contribution is 2.08. The first-order valence-corrected chi connectivity index (χ1v) is 4.32. The first-order valence-electron chi connectivity index (χ1n) is 4.32. The molecule has 0 spiro atoms. The minimum atomic E-state index is -1.15. The molecule has 1 N–H and O–H groups in total. The van der Waals surface area contributed by atoms with Gasteiger partial charge in [-0.05, 0) is 6.42 Å². The highest BCUT2D eigenvalue weighted by Gasteiger charge is 2.07. The molecule has 0 aromatic carbocycles. The molecule has 0 unspecified atom stereocenters. The molecule has 2 rings (SSSR count). The molecule has 0 radical (unpaired) electrons. The molecular formula is C8H9N4O2-. The van der Waals surface area contributed by atoms with E-state index in [4.69, 9.17) is 0 Å². The van der Waals surface area contributed by atoms with Crippen LogP contribution in [0.25, 0.3) is 5.65 Å². The van der Waals surface area contributed by atoms with Crippen LogP contribution in [0.1, 0.15) is 18.3 Å². The fourth-order valence-electron chi connectivity index (χ4n) is 1.32. The van der Waals surface area contributed by atoms with Crippen LogP contribution in [0.15, 0.2) is 6.20 Å². The van der Waals surface area contributed by atoms with Crippen LogP contribution >= 0.6 is 0 Å². The van der Waals surface area contributed by atoms with E-state index in [1.165, 1.54) is 4.63 Å². The number of nitrogens with zero attached hydrogens (tertiary/aromatic N) is 3. The van der Waals surface area contributed by atoms with Crippen molar-refractivity contribution in [1.29, 1.82) is 0 Å². The van der Waals surface area contributed by atoms with Crippen molar-refractivity contribution in [2.45, 2.75) is 19.8 Å². The zero-order valence-corrected chi connectivity index (χ0v) is 7.65. The van der Waals surface area contributed by atoms with E-state index in [2.05, 4.69) is 15.2 Å². The van der Waals surface area contributed by atoms with Gasteiger partial charge in [-0.15, -0.1) is 0 Å². The smallest absolute Gasteiger partial charge is 0.178 e. The van der Waals surface area contributed by atoms with E-state index >= 15 is 0 Å². The summed E-state index contributed by atoms with van der Waals surface area (Å²) in [5.41, 5.74) is 1.68. The Morgan fingerprint density at radius 2 is 2.50 bits per heavy atom. The lowest BCUT2D eigenvalue weighted by molar-refractivity contribution is -0.304. The number of carbonyl (C=O) groups excluding carboxylic acids is 1. The van der Waals surface area contributed by atoms with Crippen molar-refractivity contribution in [2.24, 2.45) is 0 Å². The minimum Gasteiger partial charge on any atom is -0.550 e. The lowest BCUT2D eigenvalue weighted by atomic mass is 10.3. The summed E-state index contributed by atoms with van der Waals surface area (Å²) < 4.78 is 1.47. The molecule has 0 fully saturated rings. The van der Waals surface area contributed by atoms with Crippen molar-refractivity contribution in [3.63, 3.8) is 0 Å². The van der Waals surface area contributed by atoms with Gasteiger partial charge in [-0.25, -0.2) is 4.98 Å². The van der Waals surface area contributed by atoms with Gasteiger partial charge in [0, 0.05) is 18.0 Å². The van der Waals surface area contributed by atoms with Gasteiger partial charge >= 0.3 is 0 Å². The maximum atomic E-state index is 10.3. The molecule has 0 aliphatic rings. The molecule has 14 heavy (non-hydrogen) atoms. The monoisotopic (exact) mass is 193 g/mol. The third-order valence-electron chi connectivity index (χ3n) is 1.99. The van der Waals surface area contributed by atoms with E-state index in [1.807, 2.05) is 6.92 Å². The van der Waals surface area contributed by atoms with Gasteiger partial charge in [0.15, 0.2) is 5.65 Å². The van der Waals surface area contributed by atoms with Crippen LogP contribution in [0, 0.1) is 0 Å². The van der Waals surface area contributed by atoms with Gasteiger partial charge < -0.3 is 9.90 Å². The van der Waals surface area contributed by atoms with E-state index in [-0.39, 0.29) is 6.42 Å². The Hall–Kier alpha value is -1.85. The van der Waals surface area contributed by atoms with Crippen molar-refractivity contribution in [1.82, 2.24) is 19.8 Å². The second-order valence-electron chi connectivity index (χ2n) is 2.98. The molecule has 0 atom stereocenters. The molecule has 0 bridgehead atoms. The number of fused-ring (bicyclic) bond motifs is 1. The maximum absolute atomic E-state index is 10.3. The van der Waals surface area contributed by atoms with Gasteiger partial charge in [-0.2, -0.15) is 9.73 Å². The van der Waals surface area contributed by atoms with Crippen molar-refractivity contribution >= 4 is 11.6 Å². The number of aryl methyl sites for hydroxylation is 1. The third kappa shape index (κ3) is 1.34. The quantitative estimate of drug-likeness (QED) is 0.671. The van der Waals surface area contributed by atoms with Crippen LogP contribution in [0.4, 0.5) is 0 Å². The minimum absolute atomic E-state index is 0.216. The van der Waals surface area contributed by atoms with Crippen molar-refractivity contribution < 1.29 is 9.90 Å². The molecule has 0 aliphatic heterocycles. The Morgan fingerprint density at radius 3 is 3.14 bits per heavy atom. The average Bonchev–Trinajstić information content (AvgIpc) is 2.61. The van der Waals surface area contributed by atoms with Crippen LogP contribution < -0.4 is 5.11 Å². The van der Waals surface area contributed by atoms with Gasteiger partial charge in [0.05, 0.1) is 6.20 Å². The van der Waals surface area contributed by atoms with Gasteiger partial charge in [0.2, 0.25) is 0 Å². The SMILES string of the molecule is CCc1cnn2[nH]c(CC(=O)[O-])nc12. The van der Waals surface area contributed by atoms with Gasteiger partial charge in [0.1, 0.15) is 5.82 Å². The highest BCUT2D eigenvalue weighted by molar-refractivity contribution is 5.67. The second-order valence-corrected chi connectivity index (χ2v) is 2.98. The molecule has 0 aliphatic carbocycles. The number of carboxylic acid groups (broad SMARTS) is 1. The predicted octanol–water partition coefficient (Wildman–Crippen LogP) is -1.09. The summed E-state index contributed by atoms with van der Waals surface area (Å²) in [6, 6.07) is 0. The number of H-pyrrole nitrogens is 1. The number of aliphatic carboxylic acids is 1. The summed E-state index contributed by atoms with van der Waals surface area (Å²) >= 11 is 0.